The van der Waals surface area contributed by atoms with Crippen molar-refractivity contribution >= 4 is 136 Å². The number of aliphatic carboxylic acids is 1. The second kappa shape index (κ2) is 58.3. The van der Waals surface area contributed by atoms with Crippen LogP contribution < -0.4 is 131 Å². The minimum Gasteiger partial charge on any atom is -0.480 e. The third kappa shape index (κ3) is 36.6. The standard InChI is InChI=1S/C86H153N37O17/c1-5-48(4)64(117-66(126)49(109-63(124)46-87)19-6-32-102-80(88)89)72(132)114-54(24-11-37-107-85(98)99)75(135)119-40-14-27-58(119)69(129)113-53(23-10-36-106-84(96)97)76(136)123-44-18-31-62(123)78(138)122-43-17-30-61(122)67(127)110-50(20-7-33-103-81(90)91)65(125)116-56(45-47(2)3)77(137)121-42-16-28-59(121)70(130)112-51(21-8-34-104-82(92)93)73(133)118-39-13-26-57(118)68(128)111-52(22-9-35-105-83(94)95)74(134)120-41-15-29-60(120)71(131)115-55(79(139)140)25-12-38-108-86(100)101/h47-62,64H,5-46,87H2,1-4H3,(H,109,124)(H,110,127)(H,111,128)(H,112,130)(H,113,129)(H,114,132)(H,115,131)(H,116,125)(H,117,126)(H,139,140)(H4,88,89,102)(H4,90,91,103)(H4,92,93,104)(H4,94,95,105)(H4,96,97,106)(H4,98,99,107)(H4,100,101,108)/t48-,49-,50-,51-,52-,53-,54-,55-,56-,57-,58-,59-,60-,61-,62-,64-/m0/s1. The fourth-order valence-electron chi connectivity index (χ4n) is 18.3. The molecule has 6 rings (SSSR count). The topological polar surface area (TPSA) is 880 Å². The lowest BCUT2D eigenvalue weighted by molar-refractivity contribution is -0.148. The molecule has 40 N–H and O–H groups in total. The van der Waals surface area contributed by atoms with Crippen LogP contribution in [0.3, 0.4) is 0 Å². The molecule has 0 aromatic heterocycles. The van der Waals surface area contributed by atoms with E-state index in [4.69, 9.17) is 83.7 Å². The highest BCUT2D eigenvalue weighted by atomic mass is 16.4. The molecule has 6 saturated heterocycles. The number of nitrogens with zero attached hydrogens (tertiary/aromatic N) is 6. The summed E-state index contributed by atoms with van der Waals surface area (Å²) in [6, 6.07) is -19.1. The SMILES string of the molecule is CC[C@H](C)[C@H](NC(=O)[C@H](CCCNC(=N)N)NC(=O)CN)C(=O)N[C@@H](CCCNC(=N)N)C(=O)N1CCC[C@H]1C(=O)N[C@@H](CCCNC(=N)N)C(=O)N1CCC[C@H]1C(=O)N1CCC[C@H]1C(=O)N[C@@H](CCCNC(=N)N)C(=O)N[C@@H](CC(C)C)C(=O)N1CCC[C@H]1C(=O)N[C@@H](CCCNC(=N)N)C(=O)N1CCC[C@H]1C(=O)N[C@@H](CCCNC(=N)N)C(=O)N1CCC[C@H]1C(=O)N[C@@H](CCCNC(=N)N)C(=O)O. The fourth-order valence-corrected chi connectivity index (χ4v) is 18.3. The van der Waals surface area contributed by atoms with Crippen LogP contribution in [-0.2, 0) is 76.7 Å². The van der Waals surface area contributed by atoms with Crippen molar-refractivity contribution in [3.63, 3.8) is 0 Å². The van der Waals surface area contributed by atoms with Crippen molar-refractivity contribution in [3.8, 4) is 0 Å². The van der Waals surface area contributed by atoms with Gasteiger partial charge in [0.05, 0.1) is 6.54 Å². The van der Waals surface area contributed by atoms with E-state index in [-0.39, 0.29) is 268 Å². The number of nitrogens with two attached hydrogens (primary N) is 8. The third-order valence-electron chi connectivity index (χ3n) is 25.6. The molecule has 54 heteroatoms. The van der Waals surface area contributed by atoms with Crippen LogP contribution in [0.4, 0.5) is 0 Å². The first-order valence-electron chi connectivity index (χ1n) is 48.5. The summed E-state index contributed by atoms with van der Waals surface area (Å²) in [4.78, 5) is 241. The van der Waals surface area contributed by atoms with E-state index in [0.717, 1.165) is 0 Å². The molecular formula is C86H153N37O17. The number of hydrogen-bond acceptors (Lipinski definition) is 24. The van der Waals surface area contributed by atoms with Crippen LogP contribution in [-0.4, -0.2) is 353 Å². The number of amides is 15. The molecule has 0 saturated carbocycles. The number of hydrogen-bond donors (Lipinski definition) is 32. The van der Waals surface area contributed by atoms with E-state index in [1.807, 2.05) is 0 Å². The van der Waals surface area contributed by atoms with Gasteiger partial charge in [-0.3, -0.25) is 110 Å². The first-order chi connectivity index (χ1) is 66.5. The Balaban J connectivity index is 1.19. The highest BCUT2D eigenvalue weighted by molar-refractivity contribution is 6.02. The van der Waals surface area contributed by atoms with Gasteiger partial charge in [0.25, 0.3) is 0 Å². The van der Waals surface area contributed by atoms with Gasteiger partial charge >= 0.3 is 5.97 Å². The van der Waals surface area contributed by atoms with Gasteiger partial charge in [-0.25, -0.2) is 4.79 Å². The Hall–Kier alpha value is -13.6. The lowest BCUT2D eigenvalue weighted by atomic mass is 9.96. The molecule has 6 heterocycles. The second-order valence-electron chi connectivity index (χ2n) is 36.6. The minimum atomic E-state index is -1.41. The van der Waals surface area contributed by atoms with Gasteiger partial charge in [0.1, 0.15) is 90.6 Å². The Kier molecular flexibility index (Phi) is 47.9. The number of nitrogens with one attached hydrogen (secondary N) is 23. The molecular weight excluding hydrogens is 1820 g/mol. The van der Waals surface area contributed by atoms with Gasteiger partial charge in [-0.1, -0.05) is 34.1 Å². The molecule has 0 bridgehead atoms. The highest BCUT2D eigenvalue weighted by Crippen LogP contribution is 2.30. The Morgan fingerprint density at radius 2 is 0.543 bits per heavy atom. The largest absolute Gasteiger partial charge is 0.480 e. The van der Waals surface area contributed by atoms with Crippen molar-refractivity contribution in [2.75, 3.05) is 91.6 Å². The average molecular weight is 1980 g/mol. The van der Waals surface area contributed by atoms with Crippen LogP contribution in [0.1, 0.15) is 207 Å². The van der Waals surface area contributed by atoms with E-state index < -0.39 is 198 Å². The molecule has 15 amide bonds. The van der Waals surface area contributed by atoms with Crippen LogP contribution in [0.25, 0.3) is 0 Å². The molecule has 6 aliphatic rings. The first-order valence-corrected chi connectivity index (χ1v) is 48.5. The maximum Gasteiger partial charge on any atom is 0.326 e. The molecule has 784 valence electrons. The Bertz CT molecular complexity index is 4360. The van der Waals surface area contributed by atoms with E-state index in [2.05, 4.69) is 85.1 Å². The quantitative estimate of drug-likeness (QED) is 0.0153. The maximum atomic E-state index is 15.3. The van der Waals surface area contributed by atoms with Crippen LogP contribution >= 0.6 is 0 Å². The van der Waals surface area contributed by atoms with E-state index in [1.165, 1.54) is 29.4 Å². The van der Waals surface area contributed by atoms with E-state index in [0.29, 0.717) is 44.9 Å². The number of rotatable bonds is 57. The summed E-state index contributed by atoms with van der Waals surface area (Å²) >= 11 is 0. The molecule has 140 heavy (non-hydrogen) atoms. The van der Waals surface area contributed by atoms with E-state index in [9.17, 15) is 48.3 Å². The van der Waals surface area contributed by atoms with Crippen molar-refractivity contribution in [1.82, 2.24) is 114 Å². The average Bonchev–Trinajstić information content (AvgIpc) is 1.63. The normalized spacial score (nSPS) is 19.8. The number of likely N-dealkylation sites (tertiary alicyclic amines) is 6. The zero-order valence-electron chi connectivity index (χ0n) is 80.8. The predicted molar refractivity (Wildman–Crippen MR) is 515 cm³/mol. The van der Waals surface area contributed by atoms with Crippen LogP contribution in [0, 0.1) is 49.7 Å². The molecule has 0 aromatic carbocycles. The molecule has 6 aliphatic heterocycles. The molecule has 54 nitrogen and oxygen atoms in total. The van der Waals surface area contributed by atoms with Gasteiger partial charge in [0.2, 0.25) is 88.6 Å². The van der Waals surface area contributed by atoms with Gasteiger partial charge in [0.15, 0.2) is 41.7 Å². The lowest BCUT2D eigenvalue weighted by Crippen LogP contribution is -2.61. The molecule has 16 atom stereocenters. The Morgan fingerprint density at radius 3 is 0.836 bits per heavy atom. The van der Waals surface area contributed by atoms with Gasteiger partial charge < -0.3 is 165 Å². The number of guanidine groups is 7. The molecule has 0 spiro atoms. The Labute approximate surface area is 814 Å². The van der Waals surface area contributed by atoms with Gasteiger partial charge in [-0.05, 0) is 185 Å². The fraction of sp³-hybridized carbons (Fsp3) is 0.733. The van der Waals surface area contributed by atoms with Gasteiger partial charge in [-0.15, -0.1) is 0 Å². The van der Waals surface area contributed by atoms with Gasteiger partial charge in [-0.2, -0.15) is 0 Å². The number of carboxylic acid groups (broad SMARTS) is 1. The molecule has 0 unspecified atom stereocenters. The summed E-state index contributed by atoms with van der Waals surface area (Å²) in [5, 5.41) is 107. The third-order valence-corrected chi connectivity index (χ3v) is 25.6. The Morgan fingerprint density at radius 1 is 0.307 bits per heavy atom. The van der Waals surface area contributed by atoms with Crippen molar-refractivity contribution in [2.24, 2.45) is 57.7 Å². The van der Waals surface area contributed by atoms with Crippen LogP contribution in [0.5, 0.6) is 0 Å². The number of carbonyl (C=O) groups excluding carboxylic acids is 15. The van der Waals surface area contributed by atoms with Crippen LogP contribution in [0.2, 0.25) is 0 Å². The number of carboxylic acids is 1. The molecule has 0 aromatic rings. The minimum absolute atomic E-state index is 0.0138. The maximum absolute atomic E-state index is 15.3. The van der Waals surface area contributed by atoms with Crippen molar-refractivity contribution in [3.05, 3.63) is 0 Å². The second-order valence-corrected chi connectivity index (χ2v) is 36.6. The monoisotopic (exact) mass is 1980 g/mol. The molecule has 0 aliphatic carbocycles. The number of carbonyl (C=O) groups is 16. The summed E-state index contributed by atoms with van der Waals surface area (Å²) in [6.45, 7) is 7.56. The van der Waals surface area contributed by atoms with Crippen molar-refractivity contribution < 1.29 is 81.8 Å². The molecule has 6 fully saturated rings. The van der Waals surface area contributed by atoms with E-state index >= 15 is 33.6 Å². The van der Waals surface area contributed by atoms with E-state index in [1.54, 1.807) is 27.7 Å². The van der Waals surface area contributed by atoms with Crippen LogP contribution in [0.15, 0.2) is 0 Å². The first kappa shape index (κ1) is 115. The summed E-state index contributed by atoms with van der Waals surface area (Å²) in [5.41, 5.74) is 44.4. The summed E-state index contributed by atoms with van der Waals surface area (Å²) in [6.07, 6.45) is 3.82. The summed E-state index contributed by atoms with van der Waals surface area (Å²) in [5.74, 6) is -15.4. The zero-order chi connectivity index (χ0) is 104. The highest BCUT2D eigenvalue weighted by Gasteiger charge is 2.49. The zero-order valence-corrected chi connectivity index (χ0v) is 80.8. The smallest absolute Gasteiger partial charge is 0.326 e. The molecule has 0 radical (unpaired) electrons. The van der Waals surface area contributed by atoms with Crippen molar-refractivity contribution in [1.29, 1.82) is 37.9 Å². The van der Waals surface area contributed by atoms with Gasteiger partial charge in [0, 0.05) is 85.1 Å². The predicted octanol–water partition coefficient (Wildman–Crippen LogP) is -8.73. The van der Waals surface area contributed by atoms with Crippen molar-refractivity contribution in [2.45, 2.75) is 298 Å². The lowest BCUT2D eigenvalue weighted by Gasteiger charge is -2.34. The summed E-state index contributed by atoms with van der Waals surface area (Å²) < 4.78 is 0. The summed E-state index contributed by atoms with van der Waals surface area (Å²) in [7, 11) is 0.